The second-order valence-electron chi connectivity index (χ2n) is 5.58. The Hall–Kier alpha value is -1.14. The highest BCUT2D eigenvalue weighted by Crippen LogP contribution is 2.32. The number of hydrogen-bond donors (Lipinski definition) is 1. The van der Waals surface area contributed by atoms with Gasteiger partial charge in [0.25, 0.3) is 0 Å². The van der Waals surface area contributed by atoms with E-state index in [1.165, 1.54) is 0 Å². The average Bonchev–Trinajstić information content (AvgIpc) is 2.88. The number of likely N-dealkylation sites (N-methyl/N-ethyl adjacent to an activating group) is 1. The largest absolute Gasteiger partial charge is 0.493 e. The van der Waals surface area contributed by atoms with Gasteiger partial charge in [0.2, 0.25) is 0 Å². The molecule has 0 radical (unpaired) electrons. The predicted octanol–water partition coefficient (Wildman–Crippen LogP) is 1.61. The van der Waals surface area contributed by atoms with E-state index in [4.69, 9.17) is 4.74 Å². The van der Waals surface area contributed by atoms with Crippen molar-refractivity contribution in [1.29, 1.82) is 0 Å². The van der Waals surface area contributed by atoms with Crippen LogP contribution >= 0.6 is 0 Å². The van der Waals surface area contributed by atoms with Gasteiger partial charge in [0.1, 0.15) is 5.69 Å². The first-order chi connectivity index (χ1) is 9.63. The molecule has 2 unspecified atom stereocenters. The van der Waals surface area contributed by atoms with Crippen molar-refractivity contribution in [3.05, 3.63) is 11.9 Å². The summed E-state index contributed by atoms with van der Waals surface area (Å²) in [6, 6.07) is -0.132. The highest BCUT2D eigenvalue weighted by atomic mass is 19.1. The molecule has 2 rings (SSSR count). The number of halogens is 1. The Bertz CT molecular complexity index is 415. The van der Waals surface area contributed by atoms with Crippen LogP contribution < -0.4 is 10.1 Å². The Morgan fingerprint density at radius 1 is 1.55 bits per heavy atom. The van der Waals surface area contributed by atoms with Crippen LogP contribution in [0.5, 0.6) is 5.75 Å². The van der Waals surface area contributed by atoms with Crippen molar-refractivity contribution in [3.8, 4) is 5.75 Å². The molecule has 114 valence electrons. The quantitative estimate of drug-likeness (QED) is 0.862. The van der Waals surface area contributed by atoms with Gasteiger partial charge in [-0.3, -0.25) is 4.68 Å². The first kappa shape index (κ1) is 15.3. The topological polar surface area (TPSA) is 42.3 Å². The number of methoxy groups -OCH3 is 1. The molecule has 2 atom stereocenters. The van der Waals surface area contributed by atoms with Gasteiger partial charge in [-0.25, -0.2) is 4.39 Å². The number of nitrogens with zero attached hydrogens (tertiary/aromatic N) is 3. The second kappa shape index (κ2) is 7.04. The highest BCUT2D eigenvalue weighted by molar-refractivity contribution is 5.28. The molecule has 0 spiro atoms. The van der Waals surface area contributed by atoms with Gasteiger partial charge in [-0.2, -0.15) is 5.10 Å². The number of rotatable bonds is 6. The maximum Gasteiger partial charge on any atom is 0.163 e. The molecule has 20 heavy (non-hydrogen) atoms. The molecule has 1 aliphatic rings. The molecule has 1 aromatic rings. The Morgan fingerprint density at radius 3 is 2.95 bits per heavy atom. The summed E-state index contributed by atoms with van der Waals surface area (Å²) in [5.41, 5.74) is 0.564. The van der Waals surface area contributed by atoms with Crippen LogP contribution in [0.15, 0.2) is 6.20 Å². The fourth-order valence-electron chi connectivity index (χ4n) is 2.61. The number of alkyl halides is 1. The molecule has 1 aliphatic heterocycles. The molecule has 1 N–H and O–H groups in total. The van der Waals surface area contributed by atoms with E-state index in [0.717, 1.165) is 32.4 Å². The van der Waals surface area contributed by atoms with Crippen molar-refractivity contribution in [3.63, 3.8) is 0 Å². The van der Waals surface area contributed by atoms with Crippen molar-refractivity contribution < 1.29 is 9.13 Å². The number of ether oxygens (including phenoxy) is 1. The van der Waals surface area contributed by atoms with Crippen LogP contribution in [0, 0.1) is 0 Å². The van der Waals surface area contributed by atoms with E-state index in [-0.39, 0.29) is 6.04 Å². The van der Waals surface area contributed by atoms with Gasteiger partial charge in [0.05, 0.1) is 19.9 Å². The summed E-state index contributed by atoms with van der Waals surface area (Å²) in [6.45, 7) is 2.38. The molecular formula is C14H25FN4O. The Labute approximate surface area is 120 Å². The van der Waals surface area contributed by atoms with E-state index in [1.54, 1.807) is 18.0 Å². The minimum absolute atomic E-state index is 0.132. The predicted molar refractivity (Wildman–Crippen MR) is 76.8 cm³/mol. The first-order valence-electron chi connectivity index (χ1n) is 7.25. The standard InChI is InChI=1S/C14H25FN4O/c1-18(2)8-9-19-14(12(20-3)10-17-19)13(15)11-6-4-5-7-16-11/h10-11,13,16H,4-9H2,1-3H3. The smallest absolute Gasteiger partial charge is 0.163 e. The summed E-state index contributed by atoms with van der Waals surface area (Å²) in [6.07, 6.45) is 3.60. The summed E-state index contributed by atoms with van der Waals surface area (Å²) in [5, 5.41) is 7.54. The van der Waals surface area contributed by atoms with Crippen LogP contribution in [0.3, 0.4) is 0 Å². The zero-order valence-corrected chi connectivity index (χ0v) is 12.6. The van der Waals surface area contributed by atoms with Gasteiger partial charge < -0.3 is 15.0 Å². The fourth-order valence-corrected chi connectivity index (χ4v) is 2.61. The van der Waals surface area contributed by atoms with Crippen LogP contribution in [0.2, 0.25) is 0 Å². The van der Waals surface area contributed by atoms with Crippen LogP contribution in [-0.4, -0.2) is 55.0 Å². The highest BCUT2D eigenvalue weighted by Gasteiger charge is 2.30. The van der Waals surface area contributed by atoms with E-state index in [1.807, 2.05) is 14.1 Å². The Morgan fingerprint density at radius 2 is 2.35 bits per heavy atom. The molecule has 6 heteroatoms. The lowest BCUT2D eigenvalue weighted by atomic mass is 9.98. The number of aromatic nitrogens is 2. The zero-order chi connectivity index (χ0) is 14.5. The third kappa shape index (κ3) is 3.49. The second-order valence-corrected chi connectivity index (χ2v) is 5.58. The third-order valence-electron chi connectivity index (χ3n) is 3.79. The number of hydrogen-bond acceptors (Lipinski definition) is 4. The summed E-state index contributed by atoms with van der Waals surface area (Å²) in [5.74, 6) is 0.545. The summed E-state index contributed by atoms with van der Waals surface area (Å²) in [4.78, 5) is 2.06. The lowest BCUT2D eigenvalue weighted by Gasteiger charge is -2.27. The van der Waals surface area contributed by atoms with Crippen LogP contribution in [0.25, 0.3) is 0 Å². The van der Waals surface area contributed by atoms with Crippen LogP contribution in [0.4, 0.5) is 4.39 Å². The lowest BCUT2D eigenvalue weighted by molar-refractivity contribution is 0.202. The minimum Gasteiger partial charge on any atom is -0.493 e. The van der Waals surface area contributed by atoms with E-state index in [0.29, 0.717) is 18.0 Å². The van der Waals surface area contributed by atoms with Crippen molar-refractivity contribution in [2.24, 2.45) is 0 Å². The SMILES string of the molecule is COc1cnn(CCN(C)C)c1C(F)C1CCCCN1. The Balaban J connectivity index is 2.16. The van der Waals surface area contributed by atoms with Gasteiger partial charge in [-0.05, 0) is 33.5 Å². The molecule has 1 fully saturated rings. The van der Waals surface area contributed by atoms with E-state index >= 15 is 0 Å². The van der Waals surface area contributed by atoms with Crippen molar-refractivity contribution in [2.75, 3.05) is 34.3 Å². The van der Waals surface area contributed by atoms with E-state index in [9.17, 15) is 4.39 Å². The summed E-state index contributed by atoms with van der Waals surface area (Å²) < 4.78 is 21.9. The molecule has 5 nitrogen and oxygen atoms in total. The third-order valence-corrected chi connectivity index (χ3v) is 3.79. The van der Waals surface area contributed by atoms with Gasteiger partial charge in [0.15, 0.2) is 11.9 Å². The molecule has 0 saturated carbocycles. The van der Waals surface area contributed by atoms with Crippen molar-refractivity contribution >= 4 is 0 Å². The van der Waals surface area contributed by atoms with Crippen LogP contribution in [0.1, 0.15) is 31.1 Å². The molecule has 0 aliphatic carbocycles. The van der Waals surface area contributed by atoms with E-state index in [2.05, 4.69) is 15.3 Å². The molecule has 0 aromatic carbocycles. The molecule has 0 bridgehead atoms. The lowest BCUT2D eigenvalue weighted by Crippen LogP contribution is -2.38. The van der Waals surface area contributed by atoms with Crippen molar-refractivity contribution in [1.82, 2.24) is 20.0 Å². The number of piperidine rings is 1. The maximum atomic E-state index is 14.9. The van der Waals surface area contributed by atoms with Gasteiger partial charge in [-0.15, -0.1) is 0 Å². The van der Waals surface area contributed by atoms with Gasteiger partial charge in [-0.1, -0.05) is 6.42 Å². The monoisotopic (exact) mass is 284 g/mol. The molecule has 1 aromatic heterocycles. The summed E-state index contributed by atoms with van der Waals surface area (Å²) in [7, 11) is 5.56. The average molecular weight is 284 g/mol. The maximum absolute atomic E-state index is 14.9. The van der Waals surface area contributed by atoms with E-state index < -0.39 is 6.17 Å². The zero-order valence-electron chi connectivity index (χ0n) is 12.6. The normalized spacial score (nSPS) is 21.1. The Kier molecular flexibility index (Phi) is 5.37. The molecule has 0 amide bonds. The molecule has 2 heterocycles. The molecule has 1 saturated heterocycles. The minimum atomic E-state index is -1.07. The fraction of sp³-hybridized carbons (Fsp3) is 0.786. The van der Waals surface area contributed by atoms with Crippen LogP contribution in [-0.2, 0) is 6.54 Å². The van der Waals surface area contributed by atoms with Gasteiger partial charge >= 0.3 is 0 Å². The number of nitrogens with one attached hydrogen (secondary N) is 1. The molecular weight excluding hydrogens is 259 g/mol. The first-order valence-corrected chi connectivity index (χ1v) is 7.25. The summed E-state index contributed by atoms with van der Waals surface area (Å²) >= 11 is 0. The van der Waals surface area contributed by atoms with Crippen molar-refractivity contribution in [2.45, 2.75) is 38.0 Å². The van der Waals surface area contributed by atoms with Gasteiger partial charge in [0, 0.05) is 12.6 Å².